The van der Waals surface area contributed by atoms with Crippen molar-refractivity contribution < 1.29 is 14.3 Å². The Labute approximate surface area is 465 Å². The number of carbonyl (C=O) groups excluding carboxylic acids is 2. The summed E-state index contributed by atoms with van der Waals surface area (Å²) in [6, 6.07) is 45.5. The molecule has 4 aliphatic rings. The number of likely N-dealkylation sites (tertiary alicyclic amines) is 2. The smallest absolute Gasteiger partial charge is 0.219 e. The molecule has 434 valence electrons. The van der Waals surface area contributed by atoms with Crippen LogP contribution in [0, 0.1) is 20.8 Å². The van der Waals surface area contributed by atoms with Crippen LogP contribution in [0.1, 0.15) is 177 Å². The highest BCUT2D eigenvalue weighted by Crippen LogP contribution is 2.16. The van der Waals surface area contributed by atoms with E-state index in [1.807, 2.05) is 127 Å². The maximum absolute atomic E-state index is 10.6. The van der Waals surface area contributed by atoms with E-state index < -0.39 is 0 Å². The van der Waals surface area contributed by atoms with Crippen LogP contribution < -0.4 is 0 Å². The number of hydrogen-bond acceptors (Lipinski definition) is 5. The normalized spacial score (nSPS) is 11.7. The number of aryl methyl sites for hydroxylation is 3. The van der Waals surface area contributed by atoms with Crippen molar-refractivity contribution >= 4 is 22.6 Å². The second-order valence-corrected chi connectivity index (χ2v) is 15.1. The average molecular weight is 1040 g/mol. The van der Waals surface area contributed by atoms with Gasteiger partial charge in [-0.25, -0.2) is 0 Å². The number of amides is 2. The number of benzene rings is 5. The fourth-order valence-electron chi connectivity index (χ4n) is 5.57. The standard InChI is InChI=1S/C11H10.C8H10O.2C7H8.C6H11NO.C5H11N.C4H7NO.C3H7N.4C2H6.8CH4/c1-9-5-4-7-10-6-2-3-8-11(9)10;1-9-7-8-5-3-2-4-6-8;2*1-7-5-3-2-4-6-7;1-6(8)7-4-2-3-5-7;1-6-4-2-3-5-6;1-4(6)5-2-3-5;1-4-2-3-4;4*1-2;;;;;;;;/h2-8H,1H3;2-6H,7H2,1H3;2*2-6H,1H3;2-5H2,1H3;2-5H2,1H3;2-3H2,1H3;2-3H2,1H3;4*1-2H3;8*1H4. The van der Waals surface area contributed by atoms with Crippen LogP contribution >= 0.6 is 0 Å². The van der Waals surface area contributed by atoms with Crippen molar-refractivity contribution in [2.45, 2.75) is 182 Å². The molecule has 4 saturated heterocycles. The van der Waals surface area contributed by atoms with Gasteiger partial charge in [0.25, 0.3) is 0 Å². The molecular formula is C67H128N4O3. The molecule has 0 bridgehead atoms. The molecule has 0 spiro atoms. The number of likely N-dealkylation sites (N-methyl/N-ethyl adjacent to an activating group) is 1. The van der Waals surface area contributed by atoms with Crippen LogP contribution in [0.15, 0.2) is 133 Å². The second kappa shape index (κ2) is 68.2. The van der Waals surface area contributed by atoms with Crippen LogP contribution in [-0.4, -0.2) is 105 Å². The van der Waals surface area contributed by atoms with Gasteiger partial charge in [-0.2, -0.15) is 0 Å². The molecule has 4 fully saturated rings. The highest BCUT2D eigenvalue weighted by atomic mass is 16.5. The Balaban J connectivity index is -0.0000000664. The number of hydrogen-bond donors (Lipinski definition) is 0. The Kier molecular flexibility index (Phi) is 87.5. The van der Waals surface area contributed by atoms with Crippen LogP contribution in [0.5, 0.6) is 0 Å². The number of fused-ring (bicyclic) bond motifs is 1. The summed E-state index contributed by atoms with van der Waals surface area (Å²) in [6.45, 7) is 35.4. The molecular weight excluding hydrogens is 909 g/mol. The summed E-state index contributed by atoms with van der Waals surface area (Å²) in [4.78, 5) is 29.0. The molecule has 9 rings (SSSR count). The van der Waals surface area contributed by atoms with E-state index in [0.29, 0.717) is 6.61 Å². The molecule has 4 heterocycles. The van der Waals surface area contributed by atoms with E-state index >= 15 is 0 Å². The third-order valence-corrected chi connectivity index (χ3v) is 9.49. The van der Waals surface area contributed by atoms with Gasteiger partial charge in [-0.3, -0.25) is 9.59 Å². The third-order valence-electron chi connectivity index (χ3n) is 9.49. The van der Waals surface area contributed by atoms with Crippen LogP contribution in [-0.2, 0) is 20.9 Å². The van der Waals surface area contributed by atoms with E-state index in [1.165, 1.54) is 84.9 Å². The molecule has 4 aliphatic heterocycles. The zero-order valence-electron chi connectivity index (χ0n) is 44.9. The molecule has 7 nitrogen and oxygen atoms in total. The third kappa shape index (κ3) is 58.1. The molecule has 7 heteroatoms. The minimum absolute atomic E-state index is 0. The van der Waals surface area contributed by atoms with Gasteiger partial charge in [0.15, 0.2) is 0 Å². The van der Waals surface area contributed by atoms with Gasteiger partial charge < -0.3 is 24.3 Å². The van der Waals surface area contributed by atoms with Crippen LogP contribution in [0.4, 0.5) is 0 Å². The molecule has 0 radical (unpaired) electrons. The first-order valence-corrected chi connectivity index (χ1v) is 24.9. The molecule has 0 atom stereocenters. The Morgan fingerprint density at radius 2 is 0.703 bits per heavy atom. The highest BCUT2D eigenvalue weighted by Gasteiger charge is 2.18. The molecule has 0 aromatic heterocycles. The molecule has 2 amide bonds. The van der Waals surface area contributed by atoms with E-state index in [4.69, 9.17) is 4.74 Å². The van der Waals surface area contributed by atoms with Gasteiger partial charge in [0.05, 0.1) is 6.61 Å². The van der Waals surface area contributed by atoms with E-state index in [1.54, 1.807) is 25.9 Å². The highest BCUT2D eigenvalue weighted by molar-refractivity contribution is 5.85. The Bertz CT molecular complexity index is 1730. The Morgan fingerprint density at radius 1 is 0.405 bits per heavy atom. The van der Waals surface area contributed by atoms with Crippen LogP contribution in [0.2, 0.25) is 0 Å². The van der Waals surface area contributed by atoms with Crippen molar-refractivity contribution in [1.82, 2.24) is 19.6 Å². The van der Waals surface area contributed by atoms with Crippen molar-refractivity contribution in [3.8, 4) is 0 Å². The molecule has 0 unspecified atom stereocenters. The average Bonchev–Trinajstić information content (AvgIpc) is 4.26. The van der Waals surface area contributed by atoms with Crippen LogP contribution in [0.25, 0.3) is 10.8 Å². The Morgan fingerprint density at radius 3 is 0.946 bits per heavy atom. The van der Waals surface area contributed by atoms with Crippen molar-refractivity contribution in [3.05, 3.63) is 156 Å². The van der Waals surface area contributed by atoms with Crippen molar-refractivity contribution in [2.24, 2.45) is 0 Å². The second-order valence-electron chi connectivity index (χ2n) is 15.1. The molecule has 74 heavy (non-hydrogen) atoms. The van der Waals surface area contributed by atoms with Crippen LogP contribution in [0.3, 0.4) is 0 Å². The van der Waals surface area contributed by atoms with Gasteiger partial charge in [0.1, 0.15) is 0 Å². The lowest BCUT2D eigenvalue weighted by molar-refractivity contribution is -0.127. The maximum Gasteiger partial charge on any atom is 0.219 e. The van der Waals surface area contributed by atoms with Crippen molar-refractivity contribution in [1.29, 1.82) is 0 Å². The summed E-state index contributed by atoms with van der Waals surface area (Å²) in [6.07, 6.45) is 5.21. The fourth-order valence-corrected chi connectivity index (χ4v) is 5.57. The first-order chi connectivity index (χ1) is 32.0. The van der Waals surface area contributed by atoms with Gasteiger partial charge >= 0.3 is 0 Å². The number of ether oxygens (including phenoxy) is 1. The lowest BCUT2D eigenvalue weighted by atomic mass is 10.1. The van der Waals surface area contributed by atoms with Gasteiger partial charge in [-0.05, 0) is 95.5 Å². The van der Waals surface area contributed by atoms with Gasteiger partial charge in [-0.15, -0.1) is 0 Å². The maximum atomic E-state index is 10.6. The first-order valence-electron chi connectivity index (χ1n) is 24.9. The van der Waals surface area contributed by atoms with Gasteiger partial charge in [0, 0.05) is 60.2 Å². The Hall–Kier alpha value is -4.82. The van der Waals surface area contributed by atoms with E-state index in [9.17, 15) is 9.59 Å². The lowest BCUT2D eigenvalue weighted by Crippen LogP contribution is -2.24. The summed E-state index contributed by atoms with van der Waals surface area (Å²) in [7, 11) is 5.99. The lowest BCUT2D eigenvalue weighted by Gasteiger charge is -2.10. The predicted molar refractivity (Wildman–Crippen MR) is 345 cm³/mol. The number of rotatable bonds is 2. The van der Waals surface area contributed by atoms with E-state index in [2.05, 4.69) is 111 Å². The number of methoxy groups -OCH3 is 1. The largest absolute Gasteiger partial charge is 0.380 e. The van der Waals surface area contributed by atoms with E-state index in [-0.39, 0.29) is 71.2 Å². The SMILES string of the molecule is C.C.C.C.C.C.C.C.CC.CC.CC.CC.CC(=O)N1CC1.CC(=O)N1CCCC1.CN1CC1.CN1CCCC1.COCc1ccccc1.Cc1cccc2ccccc12.Cc1ccccc1.Cc1ccccc1. The zero-order valence-corrected chi connectivity index (χ0v) is 44.9. The molecule has 0 saturated carbocycles. The quantitative estimate of drug-likeness (QED) is 0.165. The minimum atomic E-state index is 0. The van der Waals surface area contributed by atoms with Gasteiger partial charge in [0.2, 0.25) is 11.8 Å². The number of carbonyl (C=O) groups is 2. The van der Waals surface area contributed by atoms with Crippen molar-refractivity contribution in [3.63, 3.8) is 0 Å². The minimum Gasteiger partial charge on any atom is -0.380 e. The summed E-state index contributed by atoms with van der Waals surface area (Å²) in [5.41, 5.74) is 5.22. The summed E-state index contributed by atoms with van der Waals surface area (Å²) in [5.74, 6) is 0.428. The molecule has 5 aromatic carbocycles. The van der Waals surface area contributed by atoms with E-state index in [0.717, 1.165) is 26.2 Å². The summed E-state index contributed by atoms with van der Waals surface area (Å²) < 4.78 is 4.93. The first kappa shape index (κ1) is 95.0. The summed E-state index contributed by atoms with van der Waals surface area (Å²) >= 11 is 0. The molecule has 0 aliphatic carbocycles. The predicted octanol–water partition coefficient (Wildman–Crippen LogP) is 19.3. The molecule has 0 N–H and O–H groups in total. The summed E-state index contributed by atoms with van der Waals surface area (Å²) in [5, 5.41) is 2.68. The monoisotopic (exact) mass is 1040 g/mol. The topological polar surface area (TPSA) is 55.9 Å². The molecule has 5 aromatic rings. The zero-order chi connectivity index (χ0) is 50.4. The van der Waals surface area contributed by atoms with Crippen molar-refractivity contribution in [2.75, 3.05) is 73.6 Å². The number of nitrogens with zero attached hydrogens (tertiary/aromatic N) is 4. The fraction of sp³-hybridized carbons (Fsp3) is 0.552. The van der Waals surface area contributed by atoms with Gasteiger partial charge in [-0.1, -0.05) is 259 Å².